The molecule has 4 heteroatoms. The van der Waals surface area contributed by atoms with Gasteiger partial charge in [0.1, 0.15) is 0 Å². The molecule has 0 aromatic carbocycles. The lowest BCUT2D eigenvalue weighted by Crippen LogP contribution is -2.43. The summed E-state index contributed by atoms with van der Waals surface area (Å²) in [6.45, 7) is 0.291. The monoisotopic (exact) mass is 209 g/mol. The minimum Gasteiger partial charge on any atom is -0.478 e. The van der Waals surface area contributed by atoms with Crippen molar-refractivity contribution in [1.29, 1.82) is 0 Å². The third-order valence-electron chi connectivity index (χ3n) is 3.22. The van der Waals surface area contributed by atoms with Crippen LogP contribution in [0.4, 0.5) is 0 Å². The van der Waals surface area contributed by atoms with E-state index >= 15 is 0 Å². The molecule has 0 unspecified atom stereocenters. The third kappa shape index (κ3) is 2.03. The van der Waals surface area contributed by atoms with Crippen LogP contribution in [0.5, 0.6) is 0 Å². The lowest BCUT2D eigenvalue weighted by Gasteiger charge is -2.31. The molecular formula is C11H15NO3. The van der Waals surface area contributed by atoms with Crippen LogP contribution in [0.2, 0.25) is 0 Å². The molecule has 1 aliphatic carbocycles. The van der Waals surface area contributed by atoms with E-state index in [0.29, 0.717) is 12.1 Å². The van der Waals surface area contributed by atoms with Crippen LogP contribution in [0.3, 0.4) is 0 Å². The second-order valence-corrected chi connectivity index (χ2v) is 4.20. The molecule has 0 radical (unpaired) electrons. The number of amides is 1. The molecule has 0 aromatic rings. The molecule has 0 bridgehead atoms. The number of carbonyl (C=O) groups excluding carboxylic acids is 1. The molecule has 1 saturated carbocycles. The van der Waals surface area contributed by atoms with Crippen molar-refractivity contribution in [1.82, 2.24) is 4.90 Å². The number of carboxylic acids is 1. The minimum atomic E-state index is -0.898. The number of hydrogen-bond acceptors (Lipinski definition) is 2. The molecule has 2 rings (SSSR count). The van der Waals surface area contributed by atoms with Gasteiger partial charge < -0.3 is 10.0 Å². The Morgan fingerprint density at radius 1 is 1.40 bits per heavy atom. The first-order valence-electron chi connectivity index (χ1n) is 5.40. The van der Waals surface area contributed by atoms with E-state index in [2.05, 4.69) is 0 Å². The van der Waals surface area contributed by atoms with Gasteiger partial charge in [-0.25, -0.2) is 4.79 Å². The van der Waals surface area contributed by atoms with Gasteiger partial charge in [0.2, 0.25) is 5.91 Å². The second kappa shape index (κ2) is 4.04. The third-order valence-corrected chi connectivity index (χ3v) is 3.22. The zero-order valence-corrected chi connectivity index (χ0v) is 8.61. The zero-order valence-electron chi connectivity index (χ0n) is 8.61. The van der Waals surface area contributed by atoms with Crippen molar-refractivity contribution >= 4 is 11.9 Å². The van der Waals surface area contributed by atoms with Gasteiger partial charge in [-0.3, -0.25) is 4.79 Å². The summed E-state index contributed by atoms with van der Waals surface area (Å²) in [6, 6.07) is 0.278. The summed E-state index contributed by atoms with van der Waals surface area (Å²) < 4.78 is 0. The summed E-state index contributed by atoms with van der Waals surface area (Å²) in [5.41, 5.74) is 0.363. The number of rotatable bonds is 2. The van der Waals surface area contributed by atoms with Crippen molar-refractivity contribution < 1.29 is 14.7 Å². The van der Waals surface area contributed by atoms with Gasteiger partial charge in [0.05, 0.1) is 12.1 Å². The molecule has 1 aliphatic heterocycles. The van der Waals surface area contributed by atoms with Gasteiger partial charge in [0, 0.05) is 12.5 Å². The number of aliphatic carboxylic acids is 1. The Kier molecular flexibility index (Phi) is 2.75. The zero-order chi connectivity index (χ0) is 10.8. The van der Waals surface area contributed by atoms with Gasteiger partial charge in [-0.15, -0.1) is 0 Å². The van der Waals surface area contributed by atoms with Crippen LogP contribution in [0, 0.1) is 0 Å². The second-order valence-electron chi connectivity index (χ2n) is 4.20. The molecule has 1 amide bonds. The SMILES string of the molecule is O=C(O)C1=CCC(=O)N(C2CCCC2)C1. The van der Waals surface area contributed by atoms with Crippen molar-refractivity contribution in [3.05, 3.63) is 11.6 Å². The molecule has 82 valence electrons. The van der Waals surface area contributed by atoms with E-state index in [9.17, 15) is 9.59 Å². The highest BCUT2D eigenvalue weighted by molar-refractivity contribution is 5.91. The molecule has 1 N–H and O–H groups in total. The Labute approximate surface area is 88.6 Å². The smallest absolute Gasteiger partial charge is 0.333 e. The summed E-state index contributed by atoms with van der Waals surface area (Å²) in [6.07, 6.45) is 6.15. The van der Waals surface area contributed by atoms with E-state index in [1.54, 1.807) is 4.90 Å². The fraction of sp³-hybridized carbons (Fsp3) is 0.636. The molecular weight excluding hydrogens is 194 g/mol. The van der Waals surface area contributed by atoms with Crippen LogP contribution in [0.15, 0.2) is 11.6 Å². The number of carboxylic acid groups (broad SMARTS) is 1. The van der Waals surface area contributed by atoms with Gasteiger partial charge in [-0.2, -0.15) is 0 Å². The minimum absolute atomic E-state index is 0.0758. The average Bonchev–Trinajstić information content (AvgIpc) is 2.71. The van der Waals surface area contributed by atoms with Crippen LogP contribution in [0.25, 0.3) is 0 Å². The number of carbonyl (C=O) groups is 2. The summed E-state index contributed by atoms with van der Waals surface area (Å²) in [5.74, 6) is -0.822. The Hall–Kier alpha value is -1.32. The Morgan fingerprint density at radius 2 is 2.07 bits per heavy atom. The van der Waals surface area contributed by atoms with Gasteiger partial charge in [0.25, 0.3) is 0 Å². The largest absolute Gasteiger partial charge is 0.478 e. The van der Waals surface area contributed by atoms with Crippen molar-refractivity contribution in [3.63, 3.8) is 0 Å². The lowest BCUT2D eigenvalue weighted by atomic mass is 10.1. The first kappa shape index (κ1) is 10.2. The van der Waals surface area contributed by atoms with Crippen molar-refractivity contribution in [2.75, 3.05) is 6.54 Å². The van der Waals surface area contributed by atoms with Gasteiger partial charge >= 0.3 is 5.97 Å². The first-order valence-corrected chi connectivity index (χ1v) is 5.40. The summed E-state index contributed by atoms with van der Waals surface area (Å²) in [7, 11) is 0. The van der Waals surface area contributed by atoms with E-state index in [0.717, 1.165) is 25.7 Å². The molecule has 2 aliphatic rings. The fourth-order valence-corrected chi connectivity index (χ4v) is 2.37. The maximum atomic E-state index is 11.6. The average molecular weight is 209 g/mol. The van der Waals surface area contributed by atoms with E-state index in [-0.39, 0.29) is 18.4 Å². The van der Waals surface area contributed by atoms with Crippen molar-refractivity contribution in [3.8, 4) is 0 Å². The van der Waals surface area contributed by atoms with Gasteiger partial charge in [-0.05, 0) is 12.8 Å². The van der Waals surface area contributed by atoms with E-state index in [1.165, 1.54) is 6.08 Å². The molecule has 1 fully saturated rings. The lowest BCUT2D eigenvalue weighted by molar-refractivity contribution is -0.135. The molecule has 0 saturated heterocycles. The molecule has 0 aromatic heterocycles. The van der Waals surface area contributed by atoms with E-state index < -0.39 is 5.97 Å². The first-order chi connectivity index (χ1) is 7.18. The number of hydrogen-bond donors (Lipinski definition) is 1. The van der Waals surface area contributed by atoms with Crippen LogP contribution in [-0.4, -0.2) is 34.5 Å². The summed E-state index contributed by atoms with van der Waals surface area (Å²) in [4.78, 5) is 24.2. The standard InChI is InChI=1S/C11H15NO3/c13-10-6-5-8(11(14)15)7-12(10)9-3-1-2-4-9/h5,9H,1-4,6-7H2,(H,14,15). The normalized spacial score (nSPS) is 23.1. The fourth-order valence-electron chi connectivity index (χ4n) is 2.37. The molecule has 1 heterocycles. The highest BCUT2D eigenvalue weighted by Crippen LogP contribution is 2.26. The quantitative estimate of drug-likeness (QED) is 0.742. The maximum absolute atomic E-state index is 11.6. The molecule has 4 nitrogen and oxygen atoms in total. The topological polar surface area (TPSA) is 57.6 Å². The highest BCUT2D eigenvalue weighted by Gasteiger charge is 2.30. The summed E-state index contributed by atoms with van der Waals surface area (Å²) in [5, 5.41) is 8.88. The van der Waals surface area contributed by atoms with Crippen molar-refractivity contribution in [2.45, 2.75) is 38.1 Å². The van der Waals surface area contributed by atoms with Crippen LogP contribution < -0.4 is 0 Å². The summed E-state index contributed by atoms with van der Waals surface area (Å²) >= 11 is 0. The molecule has 0 atom stereocenters. The Balaban J connectivity index is 2.09. The van der Waals surface area contributed by atoms with Crippen LogP contribution in [0.1, 0.15) is 32.1 Å². The van der Waals surface area contributed by atoms with Crippen LogP contribution >= 0.6 is 0 Å². The number of nitrogens with zero attached hydrogens (tertiary/aromatic N) is 1. The van der Waals surface area contributed by atoms with E-state index in [1.807, 2.05) is 0 Å². The van der Waals surface area contributed by atoms with Crippen LogP contribution in [-0.2, 0) is 9.59 Å². The van der Waals surface area contributed by atoms with E-state index in [4.69, 9.17) is 5.11 Å². The molecule has 0 spiro atoms. The maximum Gasteiger partial charge on any atom is 0.333 e. The van der Waals surface area contributed by atoms with Gasteiger partial charge in [-0.1, -0.05) is 18.9 Å². The molecule has 15 heavy (non-hydrogen) atoms. The highest BCUT2D eigenvalue weighted by atomic mass is 16.4. The Morgan fingerprint density at radius 3 is 2.67 bits per heavy atom. The van der Waals surface area contributed by atoms with Crippen molar-refractivity contribution in [2.24, 2.45) is 0 Å². The predicted molar refractivity (Wildman–Crippen MR) is 54.3 cm³/mol. The Bertz CT molecular complexity index is 316. The van der Waals surface area contributed by atoms with Gasteiger partial charge in [0.15, 0.2) is 0 Å². The predicted octanol–water partition coefficient (Wildman–Crippen LogP) is 1.17.